The molecular weight excluding hydrogens is 263 g/mol. The fourth-order valence-electron chi connectivity index (χ4n) is 1.61. The van der Waals surface area contributed by atoms with Crippen molar-refractivity contribution in [2.45, 2.75) is 19.4 Å². The van der Waals surface area contributed by atoms with E-state index in [0.29, 0.717) is 0 Å². The molecule has 106 valence electrons. The van der Waals surface area contributed by atoms with Gasteiger partial charge in [0.15, 0.2) is 0 Å². The average Bonchev–Trinajstić information content (AvgIpc) is 2.46. The summed E-state index contributed by atoms with van der Waals surface area (Å²) >= 11 is 0. The number of nitriles is 1. The SMILES string of the molecule is COC(=O)[C@@H](C[C@@H](C)C#N)NC(=O)c1ccc(F)cc1. The van der Waals surface area contributed by atoms with Crippen LogP contribution in [0.4, 0.5) is 4.39 Å². The second-order valence-corrected chi connectivity index (χ2v) is 4.32. The molecule has 2 atom stereocenters. The van der Waals surface area contributed by atoms with Crippen molar-refractivity contribution >= 4 is 11.9 Å². The van der Waals surface area contributed by atoms with Gasteiger partial charge in [-0.05, 0) is 37.6 Å². The molecule has 0 aliphatic carbocycles. The fraction of sp³-hybridized carbons (Fsp3) is 0.357. The van der Waals surface area contributed by atoms with Crippen molar-refractivity contribution in [3.05, 3.63) is 35.6 Å². The number of amides is 1. The number of benzene rings is 1. The summed E-state index contributed by atoms with van der Waals surface area (Å²) in [4.78, 5) is 23.5. The molecule has 1 amide bonds. The van der Waals surface area contributed by atoms with Gasteiger partial charge in [-0.3, -0.25) is 4.79 Å². The van der Waals surface area contributed by atoms with Gasteiger partial charge in [0.1, 0.15) is 11.9 Å². The van der Waals surface area contributed by atoms with E-state index in [2.05, 4.69) is 10.1 Å². The summed E-state index contributed by atoms with van der Waals surface area (Å²) < 4.78 is 17.4. The van der Waals surface area contributed by atoms with Gasteiger partial charge in [0.05, 0.1) is 13.2 Å². The standard InChI is InChI=1S/C14H15FN2O3/c1-9(8-16)7-12(14(19)20-2)17-13(18)10-3-5-11(15)6-4-10/h3-6,9,12H,7H2,1-2H3,(H,17,18)/t9-,12-/m1/s1. The van der Waals surface area contributed by atoms with Crippen LogP contribution in [0.25, 0.3) is 0 Å². The number of hydrogen-bond acceptors (Lipinski definition) is 4. The Balaban J connectivity index is 2.78. The molecule has 1 rings (SSSR count). The Hall–Kier alpha value is -2.42. The molecule has 0 aromatic heterocycles. The second kappa shape index (κ2) is 7.24. The number of carbonyl (C=O) groups excluding carboxylic acids is 2. The lowest BCUT2D eigenvalue weighted by molar-refractivity contribution is -0.143. The summed E-state index contributed by atoms with van der Waals surface area (Å²) in [6, 6.07) is 6.01. The van der Waals surface area contributed by atoms with E-state index >= 15 is 0 Å². The molecule has 1 aromatic carbocycles. The topological polar surface area (TPSA) is 79.2 Å². The van der Waals surface area contributed by atoms with E-state index in [1.165, 1.54) is 19.2 Å². The number of nitrogens with one attached hydrogen (secondary N) is 1. The summed E-state index contributed by atoms with van der Waals surface area (Å²) in [5.74, 6) is -2.01. The molecule has 0 radical (unpaired) electrons. The lowest BCUT2D eigenvalue weighted by Crippen LogP contribution is -2.42. The summed E-state index contributed by atoms with van der Waals surface area (Å²) in [6.07, 6.45) is 0.149. The molecule has 0 heterocycles. The number of halogens is 1. The second-order valence-electron chi connectivity index (χ2n) is 4.32. The Morgan fingerprint density at radius 3 is 2.50 bits per heavy atom. The van der Waals surface area contributed by atoms with Gasteiger partial charge in [0.25, 0.3) is 5.91 Å². The first-order valence-corrected chi connectivity index (χ1v) is 6.01. The van der Waals surface area contributed by atoms with Crippen molar-refractivity contribution in [2.24, 2.45) is 5.92 Å². The molecule has 20 heavy (non-hydrogen) atoms. The lowest BCUT2D eigenvalue weighted by atomic mass is 10.0. The van der Waals surface area contributed by atoms with E-state index in [4.69, 9.17) is 5.26 Å². The molecule has 0 unspecified atom stereocenters. The minimum Gasteiger partial charge on any atom is -0.467 e. The van der Waals surface area contributed by atoms with Crippen molar-refractivity contribution in [3.63, 3.8) is 0 Å². The largest absolute Gasteiger partial charge is 0.467 e. The van der Waals surface area contributed by atoms with Crippen molar-refractivity contribution in [1.29, 1.82) is 5.26 Å². The zero-order valence-electron chi connectivity index (χ0n) is 11.2. The molecule has 0 spiro atoms. The molecule has 1 aromatic rings. The smallest absolute Gasteiger partial charge is 0.328 e. The molecule has 6 heteroatoms. The first kappa shape index (κ1) is 15.6. The number of rotatable bonds is 5. The number of methoxy groups -OCH3 is 1. The zero-order valence-corrected chi connectivity index (χ0v) is 11.2. The van der Waals surface area contributed by atoms with Crippen LogP contribution >= 0.6 is 0 Å². The van der Waals surface area contributed by atoms with Crippen molar-refractivity contribution < 1.29 is 18.7 Å². The van der Waals surface area contributed by atoms with E-state index in [0.717, 1.165) is 12.1 Å². The molecule has 0 saturated heterocycles. The number of carbonyl (C=O) groups is 2. The maximum atomic E-state index is 12.8. The highest BCUT2D eigenvalue weighted by Gasteiger charge is 2.24. The van der Waals surface area contributed by atoms with Gasteiger partial charge in [-0.2, -0.15) is 5.26 Å². The molecule has 0 fully saturated rings. The highest BCUT2D eigenvalue weighted by molar-refractivity contribution is 5.96. The van der Waals surface area contributed by atoms with Gasteiger partial charge < -0.3 is 10.1 Å². The molecule has 0 saturated carbocycles. The third kappa shape index (κ3) is 4.35. The van der Waals surface area contributed by atoms with Gasteiger partial charge in [-0.25, -0.2) is 9.18 Å². The average molecular weight is 278 g/mol. The van der Waals surface area contributed by atoms with Crippen molar-refractivity contribution in [3.8, 4) is 6.07 Å². The van der Waals surface area contributed by atoms with E-state index in [1.54, 1.807) is 6.92 Å². The van der Waals surface area contributed by atoms with E-state index in [-0.39, 0.29) is 12.0 Å². The van der Waals surface area contributed by atoms with Crippen LogP contribution < -0.4 is 5.32 Å². The fourth-order valence-corrected chi connectivity index (χ4v) is 1.61. The predicted octanol–water partition coefficient (Wildman–Crippen LogP) is 1.65. The highest BCUT2D eigenvalue weighted by Crippen LogP contribution is 2.08. The number of ether oxygens (including phenoxy) is 1. The monoisotopic (exact) mass is 278 g/mol. The summed E-state index contributed by atoms with van der Waals surface area (Å²) in [5, 5.41) is 11.2. The first-order chi connectivity index (χ1) is 9.47. The third-order valence-corrected chi connectivity index (χ3v) is 2.71. The van der Waals surface area contributed by atoms with Crippen LogP contribution in [0.15, 0.2) is 24.3 Å². The van der Waals surface area contributed by atoms with Crippen molar-refractivity contribution in [1.82, 2.24) is 5.32 Å². The third-order valence-electron chi connectivity index (χ3n) is 2.71. The van der Waals surface area contributed by atoms with Crippen LogP contribution in [0.3, 0.4) is 0 Å². The molecule has 0 bridgehead atoms. The van der Waals surface area contributed by atoms with Crippen LogP contribution in [0.1, 0.15) is 23.7 Å². The van der Waals surface area contributed by atoms with Gasteiger partial charge in [0, 0.05) is 11.5 Å². The predicted molar refractivity (Wildman–Crippen MR) is 69.1 cm³/mol. The van der Waals surface area contributed by atoms with E-state index < -0.39 is 29.7 Å². The van der Waals surface area contributed by atoms with Gasteiger partial charge in [0.2, 0.25) is 0 Å². The van der Waals surface area contributed by atoms with Gasteiger partial charge in [-0.15, -0.1) is 0 Å². The zero-order chi connectivity index (χ0) is 15.1. The summed E-state index contributed by atoms with van der Waals surface area (Å²) in [7, 11) is 1.20. The lowest BCUT2D eigenvalue weighted by Gasteiger charge is -2.17. The Kier molecular flexibility index (Phi) is 5.66. The van der Waals surface area contributed by atoms with E-state index in [1.807, 2.05) is 6.07 Å². The number of hydrogen-bond donors (Lipinski definition) is 1. The number of nitrogens with zero attached hydrogens (tertiary/aromatic N) is 1. The minimum atomic E-state index is -0.910. The quantitative estimate of drug-likeness (QED) is 0.830. The highest BCUT2D eigenvalue weighted by atomic mass is 19.1. The maximum absolute atomic E-state index is 12.8. The molecule has 0 aliphatic rings. The van der Waals surface area contributed by atoms with Crippen molar-refractivity contribution in [2.75, 3.05) is 7.11 Å². The summed E-state index contributed by atoms with van der Waals surface area (Å²) in [6.45, 7) is 1.64. The van der Waals surface area contributed by atoms with Crippen LogP contribution in [-0.2, 0) is 9.53 Å². The Labute approximate surface area is 116 Å². The maximum Gasteiger partial charge on any atom is 0.328 e. The van der Waals surface area contributed by atoms with Crippen LogP contribution in [-0.4, -0.2) is 25.0 Å². The van der Waals surface area contributed by atoms with Crippen LogP contribution in [0, 0.1) is 23.1 Å². The minimum absolute atomic E-state index is 0.149. The molecule has 5 nitrogen and oxygen atoms in total. The molecule has 1 N–H and O–H groups in total. The normalized spacial score (nSPS) is 12.9. The van der Waals surface area contributed by atoms with Crippen LogP contribution in [0.2, 0.25) is 0 Å². The Bertz CT molecular complexity index is 522. The molecular formula is C14H15FN2O3. The Morgan fingerprint density at radius 1 is 1.40 bits per heavy atom. The molecule has 0 aliphatic heterocycles. The first-order valence-electron chi connectivity index (χ1n) is 6.01. The van der Waals surface area contributed by atoms with Gasteiger partial charge in [-0.1, -0.05) is 0 Å². The Morgan fingerprint density at radius 2 is 2.00 bits per heavy atom. The number of esters is 1. The summed E-state index contributed by atoms with van der Waals surface area (Å²) in [5.41, 5.74) is 0.227. The van der Waals surface area contributed by atoms with Crippen LogP contribution in [0.5, 0.6) is 0 Å². The van der Waals surface area contributed by atoms with E-state index in [9.17, 15) is 14.0 Å². The van der Waals surface area contributed by atoms with Gasteiger partial charge >= 0.3 is 5.97 Å².